The number of aryl methyl sites for hydroxylation is 2. The molecular formula is C17H19NO5. The molecule has 0 aliphatic carbocycles. The number of H-pyrrole nitrogens is 1. The number of furan rings is 1. The maximum atomic E-state index is 12.5. The summed E-state index contributed by atoms with van der Waals surface area (Å²) >= 11 is 0. The van der Waals surface area contributed by atoms with E-state index in [0.29, 0.717) is 22.4 Å². The van der Waals surface area contributed by atoms with Crippen LogP contribution in [0.5, 0.6) is 0 Å². The summed E-state index contributed by atoms with van der Waals surface area (Å²) in [6, 6.07) is 1.64. The highest BCUT2D eigenvalue weighted by atomic mass is 16.6. The first-order valence-corrected chi connectivity index (χ1v) is 7.23. The van der Waals surface area contributed by atoms with Gasteiger partial charge in [0.05, 0.1) is 12.0 Å². The molecule has 1 atom stereocenters. The van der Waals surface area contributed by atoms with Crippen LogP contribution in [-0.2, 0) is 4.74 Å². The van der Waals surface area contributed by atoms with Crippen LogP contribution in [0, 0.1) is 20.8 Å². The van der Waals surface area contributed by atoms with Crippen molar-refractivity contribution in [2.45, 2.75) is 40.7 Å². The van der Waals surface area contributed by atoms with E-state index in [0.717, 1.165) is 0 Å². The lowest BCUT2D eigenvalue weighted by atomic mass is 10.0. The van der Waals surface area contributed by atoms with E-state index in [-0.39, 0.29) is 17.2 Å². The quantitative estimate of drug-likeness (QED) is 0.676. The third-order valence-corrected chi connectivity index (χ3v) is 3.74. The summed E-state index contributed by atoms with van der Waals surface area (Å²) in [5.41, 5.74) is 2.61. The predicted octanol–water partition coefficient (Wildman–Crippen LogP) is 3.16. The van der Waals surface area contributed by atoms with Gasteiger partial charge in [0.1, 0.15) is 0 Å². The van der Waals surface area contributed by atoms with Crippen molar-refractivity contribution in [3.63, 3.8) is 0 Å². The standard InChI is InChI=1S/C17H19NO5/c1-8-6-7-22-16(8)17(21)23-12(5)15(20)14-9(2)13(11(4)19)10(3)18-14/h6-7,12,18H,1-5H3. The minimum atomic E-state index is -0.997. The molecule has 6 heteroatoms. The second-order valence-electron chi connectivity index (χ2n) is 5.53. The van der Waals surface area contributed by atoms with Gasteiger partial charge >= 0.3 is 5.97 Å². The van der Waals surface area contributed by atoms with Gasteiger partial charge in [-0.2, -0.15) is 0 Å². The summed E-state index contributed by atoms with van der Waals surface area (Å²) in [5, 5.41) is 0. The van der Waals surface area contributed by atoms with Crippen LogP contribution in [0.2, 0.25) is 0 Å². The molecule has 0 aliphatic heterocycles. The first kappa shape index (κ1) is 16.7. The molecule has 6 nitrogen and oxygen atoms in total. The van der Waals surface area contributed by atoms with Gasteiger partial charge in [-0.25, -0.2) is 4.79 Å². The molecule has 1 unspecified atom stereocenters. The molecule has 0 spiro atoms. The van der Waals surface area contributed by atoms with Crippen LogP contribution in [0.25, 0.3) is 0 Å². The molecule has 0 saturated carbocycles. The first-order chi connectivity index (χ1) is 10.7. The average molecular weight is 317 g/mol. The zero-order valence-corrected chi connectivity index (χ0v) is 13.8. The number of Topliss-reactive ketones (excluding diaryl/α,β-unsaturated/α-hetero) is 2. The Morgan fingerprint density at radius 1 is 1.22 bits per heavy atom. The number of aromatic nitrogens is 1. The van der Waals surface area contributed by atoms with E-state index >= 15 is 0 Å². The largest absolute Gasteiger partial charge is 0.457 e. The number of carbonyl (C=O) groups is 3. The van der Waals surface area contributed by atoms with E-state index < -0.39 is 17.9 Å². The van der Waals surface area contributed by atoms with Gasteiger partial charge in [-0.15, -0.1) is 0 Å². The second-order valence-corrected chi connectivity index (χ2v) is 5.53. The van der Waals surface area contributed by atoms with Crippen LogP contribution in [-0.4, -0.2) is 28.6 Å². The van der Waals surface area contributed by atoms with E-state index in [4.69, 9.17) is 9.15 Å². The Balaban J connectivity index is 2.21. The zero-order valence-electron chi connectivity index (χ0n) is 13.8. The summed E-state index contributed by atoms with van der Waals surface area (Å²) in [4.78, 5) is 39.0. The van der Waals surface area contributed by atoms with Crippen LogP contribution >= 0.6 is 0 Å². The number of hydrogen-bond acceptors (Lipinski definition) is 5. The molecule has 0 aromatic carbocycles. The van der Waals surface area contributed by atoms with Crippen LogP contribution in [0.1, 0.15) is 62.1 Å². The molecular weight excluding hydrogens is 298 g/mol. The molecule has 0 saturated heterocycles. The molecule has 0 bridgehead atoms. The number of carbonyl (C=O) groups excluding carboxylic acids is 3. The number of nitrogens with one attached hydrogen (secondary N) is 1. The number of aromatic amines is 1. The van der Waals surface area contributed by atoms with Gasteiger partial charge in [0.25, 0.3) is 0 Å². The van der Waals surface area contributed by atoms with Gasteiger partial charge in [0, 0.05) is 16.8 Å². The molecule has 122 valence electrons. The van der Waals surface area contributed by atoms with Crippen molar-refractivity contribution in [1.29, 1.82) is 0 Å². The van der Waals surface area contributed by atoms with Crippen molar-refractivity contribution >= 4 is 17.5 Å². The van der Waals surface area contributed by atoms with Gasteiger partial charge in [-0.1, -0.05) is 0 Å². The first-order valence-electron chi connectivity index (χ1n) is 7.23. The minimum Gasteiger partial charge on any atom is -0.457 e. The summed E-state index contributed by atoms with van der Waals surface area (Å²) in [6.07, 6.45) is 0.388. The third kappa shape index (κ3) is 3.11. The fraction of sp³-hybridized carbons (Fsp3) is 0.353. The van der Waals surface area contributed by atoms with Gasteiger partial charge in [0.2, 0.25) is 11.5 Å². The molecule has 0 amide bonds. The lowest BCUT2D eigenvalue weighted by Gasteiger charge is -2.11. The number of ether oxygens (including phenoxy) is 1. The average Bonchev–Trinajstić information content (AvgIpc) is 3.01. The molecule has 0 aliphatic rings. The predicted molar refractivity (Wildman–Crippen MR) is 82.9 cm³/mol. The fourth-order valence-electron chi connectivity index (χ4n) is 2.58. The molecule has 23 heavy (non-hydrogen) atoms. The van der Waals surface area contributed by atoms with Crippen molar-refractivity contribution in [3.05, 3.63) is 46.2 Å². The van der Waals surface area contributed by atoms with Crippen molar-refractivity contribution < 1.29 is 23.5 Å². The lowest BCUT2D eigenvalue weighted by Crippen LogP contribution is -2.25. The highest BCUT2D eigenvalue weighted by Crippen LogP contribution is 2.21. The highest BCUT2D eigenvalue weighted by molar-refractivity contribution is 6.05. The van der Waals surface area contributed by atoms with Gasteiger partial charge in [0.15, 0.2) is 11.9 Å². The van der Waals surface area contributed by atoms with Crippen LogP contribution in [0.4, 0.5) is 0 Å². The Hall–Kier alpha value is -2.63. The summed E-state index contributed by atoms with van der Waals surface area (Å²) < 4.78 is 10.2. The monoisotopic (exact) mass is 317 g/mol. The Morgan fingerprint density at radius 2 is 1.87 bits per heavy atom. The molecule has 2 aromatic rings. The van der Waals surface area contributed by atoms with Gasteiger partial charge in [-0.3, -0.25) is 9.59 Å². The normalized spacial score (nSPS) is 12.0. The minimum absolute atomic E-state index is 0.0773. The SMILES string of the molecule is CC(=O)c1c(C)[nH]c(C(=O)C(C)OC(=O)c2occc2C)c1C. The molecule has 2 heterocycles. The van der Waals surface area contributed by atoms with Crippen LogP contribution < -0.4 is 0 Å². The van der Waals surface area contributed by atoms with E-state index in [9.17, 15) is 14.4 Å². The Morgan fingerprint density at radius 3 is 2.35 bits per heavy atom. The van der Waals surface area contributed by atoms with Crippen molar-refractivity contribution in [1.82, 2.24) is 4.98 Å². The van der Waals surface area contributed by atoms with Crippen LogP contribution in [0.3, 0.4) is 0 Å². The zero-order chi connectivity index (χ0) is 17.3. The molecule has 1 N–H and O–H groups in total. The molecule has 0 fully saturated rings. The number of ketones is 2. The maximum absolute atomic E-state index is 12.5. The summed E-state index contributed by atoms with van der Waals surface area (Å²) in [5.74, 6) is -1.13. The van der Waals surface area contributed by atoms with Crippen molar-refractivity contribution in [3.8, 4) is 0 Å². The van der Waals surface area contributed by atoms with Gasteiger partial charge < -0.3 is 14.1 Å². The number of esters is 1. The van der Waals surface area contributed by atoms with Crippen molar-refractivity contribution in [2.75, 3.05) is 0 Å². The Labute approximate surface area is 133 Å². The smallest absolute Gasteiger partial charge is 0.375 e. The molecule has 0 radical (unpaired) electrons. The number of hydrogen-bond donors (Lipinski definition) is 1. The van der Waals surface area contributed by atoms with E-state index in [1.165, 1.54) is 20.1 Å². The van der Waals surface area contributed by atoms with Crippen molar-refractivity contribution in [2.24, 2.45) is 0 Å². The molecule has 2 rings (SSSR count). The number of rotatable bonds is 5. The lowest BCUT2D eigenvalue weighted by molar-refractivity contribution is 0.0286. The topological polar surface area (TPSA) is 89.4 Å². The van der Waals surface area contributed by atoms with E-state index in [1.807, 2.05) is 0 Å². The Bertz CT molecular complexity index is 781. The maximum Gasteiger partial charge on any atom is 0.375 e. The van der Waals surface area contributed by atoms with Gasteiger partial charge in [-0.05, 0) is 46.2 Å². The fourth-order valence-corrected chi connectivity index (χ4v) is 2.58. The molecule has 2 aromatic heterocycles. The third-order valence-electron chi connectivity index (χ3n) is 3.74. The summed E-state index contributed by atoms with van der Waals surface area (Å²) in [6.45, 7) is 8.06. The van der Waals surface area contributed by atoms with Crippen LogP contribution in [0.15, 0.2) is 16.7 Å². The highest BCUT2D eigenvalue weighted by Gasteiger charge is 2.27. The van der Waals surface area contributed by atoms with E-state index in [2.05, 4.69) is 4.98 Å². The van der Waals surface area contributed by atoms with E-state index in [1.54, 1.807) is 26.8 Å². The second kappa shape index (κ2) is 6.24. The summed E-state index contributed by atoms with van der Waals surface area (Å²) in [7, 11) is 0. The Kier molecular flexibility index (Phi) is 4.54.